The van der Waals surface area contributed by atoms with Gasteiger partial charge in [0.05, 0.1) is 5.71 Å². The van der Waals surface area contributed by atoms with Gasteiger partial charge in [0, 0.05) is 37.3 Å². The van der Waals surface area contributed by atoms with Gasteiger partial charge in [-0.15, -0.1) is 0 Å². The van der Waals surface area contributed by atoms with Crippen molar-refractivity contribution in [2.45, 2.75) is 25.4 Å². The Balaban J connectivity index is 1.25. The fourth-order valence-electron chi connectivity index (χ4n) is 3.96. The number of amides is 3. The van der Waals surface area contributed by atoms with E-state index in [0.29, 0.717) is 36.6 Å². The Morgan fingerprint density at radius 1 is 1.12 bits per heavy atom. The number of anilines is 1. The molecule has 2 N–H and O–H groups in total. The molecule has 2 aromatic rings. The molecule has 32 heavy (non-hydrogen) atoms. The van der Waals surface area contributed by atoms with E-state index >= 15 is 0 Å². The minimum absolute atomic E-state index is 0.0935. The van der Waals surface area contributed by atoms with Gasteiger partial charge < -0.3 is 20.4 Å². The lowest BCUT2D eigenvalue weighted by Crippen LogP contribution is -2.47. The van der Waals surface area contributed by atoms with E-state index in [-0.39, 0.29) is 24.1 Å². The van der Waals surface area contributed by atoms with Crippen molar-refractivity contribution < 1.29 is 23.2 Å². The van der Waals surface area contributed by atoms with Crippen molar-refractivity contribution in [3.05, 3.63) is 65.7 Å². The van der Waals surface area contributed by atoms with Crippen LogP contribution in [0.4, 0.5) is 19.3 Å². The standard InChI is InChI=1S/C23H24F2N4O3/c24-17-6-1-5-16(10-17)20-12-21(32-28-20)22(30)29-9-3-4-15(14-29)13-26-23(31)27-19-8-2-7-18(25)11-19/h1-2,5-8,10-11,15,21H,3-4,9,12-14H2,(H2,26,27,31). The van der Waals surface area contributed by atoms with E-state index < -0.39 is 18.0 Å². The zero-order chi connectivity index (χ0) is 22.5. The Bertz CT molecular complexity index is 1030. The summed E-state index contributed by atoms with van der Waals surface area (Å²) in [5.41, 5.74) is 1.52. The first-order chi connectivity index (χ1) is 15.5. The number of nitrogens with zero attached hydrogens (tertiary/aromatic N) is 2. The van der Waals surface area contributed by atoms with Crippen LogP contribution >= 0.6 is 0 Å². The number of benzene rings is 2. The third kappa shape index (κ3) is 5.40. The van der Waals surface area contributed by atoms with E-state index in [4.69, 9.17) is 4.84 Å². The quantitative estimate of drug-likeness (QED) is 0.743. The molecule has 4 rings (SSSR count). The van der Waals surface area contributed by atoms with Crippen LogP contribution in [0.15, 0.2) is 53.7 Å². The summed E-state index contributed by atoms with van der Waals surface area (Å²) in [7, 11) is 0. The van der Waals surface area contributed by atoms with Crippen LogP contribution in [0.5, 0.6) is 0 Å². The number of carbonyl (C=O) groups excluding carboxylic acids is 2. The molecule has 2 aromatic carbocycles. The van der Waals surface area contributed by atoms with Gasteiger partial charge in [-0.3, -0.25) is 4.79 Å². The molecule has 0 saturated carbocycles. The van der Waals surface area contributed by atoms with Gasteiger partial charge in [0.1, 0.15) is 11.6 Å². The first-order valence-corrected chi connectivity index (χ1v) is 10.6. The molecule has 9 heteroatoms. The second-order valence-electron chi connectivity index (χ2n) is 7.98. The number of hydrogen-bond acceptors (Lipinski definition) is 4. The van der Waals surface area contributed by atoms with E-state index in [0.717, 1.165) is 12.8 Å². The van der Waals surface area contributed by atoms with Crippen LogP contribution in [-0.4, -0.2) is 48.3 Å². The molecule has 0 spiro atoms. The highest BCUT2D eigenvalue weighted by Gasteiger charge is 2.34. The Hall–Kier alpha value is -3.49. The highest BCUT2D eigenvalue weighted by Crippen LogP contribution is 2.22. The third-order valence-corrected chi connectivity index (χ3v) is 5.57. The van der Waals surface area contributed by atoms with Crippen molar-refractivity contribution in [3.63, 3.8) is 0 Å². The van der Waals surface area contributed by atoms with E-state index in [1.54, 1.807) is 23.1 Å². The van der Waals surface area contributed by atoms with Gasteiger partial charge in [-0.2, -0.15) is 0 Å². The monoisotopic (exact) mass is 442 g/mol. The zero-order valence-corrected chi connectivity index (χ0v) is 17.4. The summed E-state index contributed by atoms with van der Waals surface area (Å²) < 4.78 is 26.7. The predicted octanol–water partition coefficient (Wildman–Crippen LogP) is 3.52. The normalized spacial score (nSPS) is 20.3. The van der Waals surface area contributed by atoms with Crippen molar-refractivity contribution in [2.75, 3.05) is 25.0 Å². The van der Waals surface area contributed by atoms with Crippen LogP contribution in [0.25, 0.3) is 0 Å². The minimum Gasteiger partial charge on any atom is -0.382 e. The number of hydrogen-bond donors (Lipinski definition) is 2. The largest absolute Gasteiger partial charge is 0.382 e. The summed E-state index contributed by atoms with van der Waals surface area (Å²) in [6.45, 7) is 1.50. The minimum atomic E-state index is -0.726. The van der Waals surface area contributed by atoms with Crippen molar-refractivity contribution >= 4 is 23.3 Å². The van der Waals surface area contributed by atoms with Crippen LogP contribution in [0, 0.1) is 17.6 Å². The SMILES string of the molecule is O=C(NCC1CCCN(C(=O)C2CC(c3cccc(F)c3)=NO2)C1)Nc1cccc(F)c1. The number of halogens is 2. The van der Waals surface area contributed by atoms with E-state index in [9.17, 15) is 18.4 Å². The molecule has 0 bridgehead atoms. The maximum absolute atomic E-state index is 13.5. The molecule has 2 heterocycles. The Morgan fingerprint density at radius 3 is 2.69 bits per heavy atom. The number of nitrogens with one attached hydrogen (secondary N) is 2. The lowest BCUT2D eigenvalue weighted by atomic mass is 9.97. The molecule has 0 aliphatic carbocycles. The zero-order valence-electron chi connectivity index (χ0n) is 17.4. The second kappa shape index (κ2) is 9.76. The van der Waals surface area contributed by atoms with E-state index in [2.05, 4.69) is 15.8 Å². The van der Waals surface area contributed by atoms with Gasteiger partial charge in [-0.25, -0.2) is 13.6 Å². The first kappa shape index (κ1) is 21.7. The second-order valence-corrected chi connectivity index (χ2v) is 7.98. The molecule has 0 radical (unpaired) electrons. The molecule has 1 fully saturated rings. The van der Waals surface area contributed by atoms with Gasteiger partial charge >= 0.3 is 6.03 Å². The van der Waals surface area contributed by atoms with Gasteiger partial charge in [-0.1, -0.05) is 23.4 Å². The molecular formula is C23H24F2N4O3. The van der Waals surface area contributed by atoms with Crippen molar-refractivity contribution in [1.82, 2.24) is 10.2 Å². The molecule has 2 atom stereocenters. The average Bonchev–Trinajstić information content (AvgIpc) is 3.28. The van der Waals surface area contributed by atoms with Gasteiger partial charge in [0.15, 0.2) is 0 Å². The Labute approximate surface area is 184 Å². The van der Waals surface area contributed by atoms with Crippen molar-refractivity contribution in [2.24, 2.45) is 11.1 Å². The molecule has 2 unspecified atom stereocenters. The molecule has 7 nitrogen and oxygen atoms in total. The smallest absolute Gasteiger partial charge is 0.319 e. The summed E-state index contributed by atoms with van der Waals surface area (Å²) >= 11 is 0. The van der Waals surface area contributed by atoms with Crippen molar-refractivity contribution in [3.8, 4) is 0 Å². The molecular weight excluding hydrogens is 418 g/mol. The van der Waals surface area contributed by atoms with Crippen LogP contribution in [-0.2, 0) is 9.63 Å². The Morgan fingerprint density at radius 2 is 1.91 bits per heavy atom. The maximum atomic E-state index is 13.5. The summed E-state index contributed by atoms with van der Waals surface area (Å²) in [5.74, 6) is -0.860. The number of urea groups is 1. The van der Waals surface area contributed by atoms with Crippen LogP contribution < -0.4 is 10.6 Å². The number of oxime groups is 1. The van der Waals surface area contributed by atoms with E-state index in [1.807, 2.05) is 0 Å². The summed E-state index contributed by atoms with van der Waals surface area (Å²) in [5, 5.41) is 9.36. The summed E-state index contributed by atoms with van der Waals surface area (Å²) in [4.78, 5) is 32.1. The topological polar surface area (TPSA) is 83.0 Å². The highest BCUT2D eigenvalue weighted by atomic mass is 19.1. The molecule has 1 saturated heterocycles. The highest BCUT2D eigenvalue weighted by molar-refractivity contribution is 6.04. The fraction of sp³-hybridized carbons (Fsp3) is 0.348. The van der Waals surface area contributed by atoms with Crippen LogP contribution in [0.1, 0.15) is 24.8 Å². The van der Waals surface area contributed by atoms with Gasteiger partial charge in [-0.05, 0) is 49.1 Å². The molecule has 2 aliphatic rings. The lowest BCUT2D eigenvalue weighted by Gasteiger charge is -2.33. The predicted molar refractivity (Wildman–Crippen MR) is 115 cm³/mol. The van der Waals surface area contributed by atoms with Gasteiger partial charge in [0.25, 0.3) is 5.91 Å². The molecule has 0 aromatic heterocycles. The van der Waals surface area contributed by atoms with E-state index in [1.165, 1.54) is 30.3 Å². The number of rotatable bonds is 5. The summed E-state index contributed by atoms with van der Waals surface area (Å²) in [6.07, 6.45) is 1.25. The molecule has 168 valence electrons. The lowest BCUT2D eigenvalue weighted by molar-refractivity contribution is -0.143. The van der Waals surface area contributed by atoms with Crippen molar-refractivity contribution in [1.29, 1.82) is 0 Å². The molecule has 3 amide bonds. The van der Waals surface area contributed by atoms with Crippen LogP contribution in [0.2, 0.25) is 0 Å². The Kier molecular flexibility index (Phi) is 6.63. The fourth-order valence-corrected chi connectivity index (χ4v) is 3.96. The number of piperidine rings is 1. The average molecular weight is 442 g/mol. The maximum Gasteiger partial charge on any atom is 0.319 e. The van der Waals surface area contributed by atoms with Crippen LogP contribution in [0.3, 0.4) is 0 Å². The third-order valence-electron chi connectivity index (χ3n) is 5.57. The number of likely N-dealkylation sites (tertiary alicyclic amines) is 1. The van der Waals surface area contributed by atoms with Gasteiger partial charge in [0.2, 0.25) is 6.10 Å². The molecule has 2 aliphatic heterocycles. The number of carbonyl (C=O) groups is 2. The first-order valence-electron chi connectivity index (χ1n) is 10.6. The summed E-state index contributed by atoms with van der Waals surface area (Å²) in [6, 6.07) is 11.3.